The smallest absolute Gasteiger partial charge is 0.317 e. The second-order valence-corrected chi connectivity index (χ2v) is 6.61. The van der Waals surface area contributed by atoms with Crippen molar-refractivity contribution in [3.63, 3.8) is 0 Å². The Kier molecular flexibility index (Phi) is 8.84. The largest absolute Gasteiger partial charge is 0.385 e. The molecule has 0 unspecified atom stereocenters. The van der Waals surface area contributed by atoms with Crippen LogP contribution < -0.4 is 5.32 Å². The minimum absolute atomic E-state index is 0.0574. The molecule has 0 bridgehead atoms. The summed E-state index contributed by atoms with van der Waals surface area (Å²) in [5, 5.41) is 2.99. The van der Waals surface area contributed by atoms with Crippen LogP contribution in [0, 0.1) is 5.82 Å². The number of ether oxygens (including phenoxy) is 1. The van der Waals surface area contributed by atoms with Crippen LogP contribution in [0.15, 0.2) is 42.6 Å². The van der Waals surface area contributed by atoms with E-state index in [1.165, 1.54) is 12.1 Å². The van der Waals surface area contributed by atoms with E-state index in [0.717, 1.165) is 30.5 Å². The van der Waals surface area contributed by atoms with E-state index in [2.05, 4.69) is 16.8 Å². The van der Waals surface area contributed by atoms with Crippen molar-refractivity contribution in [3.05, 3.63) is 59.7 Å². The third kappa shape index (κ3) is 7.06. The van der Waals surface area contributed by atoms with Crippen molar-refractivity contribution in [2.75, 3.05) is 26.8 Å². The van der Waals surface area contributed by atoms with Gasteiger partial charge in [0, 0.05) is 45.2 Å². The second kappa shape index (κ2) is 11.4. The van der Waals surface area contributed by atoms with Crippen LogP contribution in [-0.4, -0.2) is 42.3 Å². The Morgan fingerprint density at radius 2 is 2.11 bits per heavy atom. The predicted molar refractivity (Wildman–Crippen MR) is 105 cm³/mol. The molecule has 2 aromatic rings. The number of carbonyl (C=O) groups excluding carboxylic acids is 1. The zero-order chi connectivity index (χ0) is 19.5. The van der Waals surface area contributed by atoms with Crippen LogP contribution in [-0.2, 0) is 17.8 Å². The van der Waals surface area contributed by atoms with Gasteiger partial charge in [-0.3, -0.25) is 0 Å². The number of nitrogens with zero attached hydrogens (tertiary/aromatic N) is 2. The Balaban J connectivity index is 2.05. The van der Waals surface area contributed by atoms with Gasteiger partial charge in [-0.25, -0.2) is 9.18 Å². The quantitative estimate of drug-likeness (QED) is 0.603. The van der Waals surface area contributed by atoms with Crippen molar-refractivity contribution in [3.8, 4) is 0 Å². The highest BCUT2D eigenvalue weighted by Crippen LogP contribution is 2.12. The van der Waals surface area contributed by atoms with E-state index in [4.69, 9.17) is 4.74 Å². The van der Waals surface area contributed by atoms with Crippen LogP contribution in [0.2, 0.25) is 0 Å². The van der Waals surface area contributed by atoms with Crippen molar-refractivity contribution >= 4 is 6.03 Å². The van der Waals surface area contributed by atoms with E-state index in [-0.39, 0.29) is 11.8 Å². The number of hydrogen-bond acceptors (Lipinski definition) is 2. The van der Waals surface area contributed by atoms with Gasteiger partial charge in [0.05, 0.1) is 6.54 Å². The summed E-state index contributed by atoms with van der Waals surface area (Å²) in [7, 11) is 1.66. The molecule has 0 fully saturated rings. The molecule has 0 atom stereocenters. The standard InChI is InChI=1S/C21H30FN3O2/c1-3-4-11-23-21(26)25(13-7-14-27-2)17-20-10-6-12-24(20)16-18-8-5-9-19(22)15-18/h5-6,8-10,12,15H,3-4,7,11,13-14,16-17H2,1-2H3,(H,23,26). The Labute approximate surface area is 161 Å². The minimum atomic E-state index is -0.238. The first kappa shape index (κ1) is 21.0. The van der Waals surface area contributed by atoms with Gasteiger partial charge in [-0.1, -0.05) is 25.5 Å². The summed E-state index contributed by atoms with van der Waals surface area (Å²) in [6.07, 6.45) is 4.75. The number of urea groups is 1. The number of benzene rings is 1. The molecule has 148 valence electrons. The van der Waals surface area contributed by atoms with Gasteiger partial charge >= 0.3 is 6.03 Å². The zero-order valence-corrected chi connectivity index (χ0v) is 16.3. The number of carbonyl (C=O) groups is 1. The number of unbranched alkanes of at least 4 members (excludes halogenated alkanes) is 1. The maximum atomic E-state index is 13.5. The fourth-order valence-corrected chi connectivity index (χ4v) is 2.91. The van der Waals surface area contributed by atoms with E-state index in [1.54, 1.807) is 13.2 Å². The van der Waals surface area contributed by atoms with Crippen molar-refractivity contribution in [2.45, 2.75) is 39.3 Å². The van der Waals surface area contributed by atoms with Gasteiger partial charge in [0.1, 0.15) is 5.82 Å². The average molecular weight is 375 g/mol. The van der Waals surface area contributed by atoms with E-state index < -0.39 is 0 Å². The van der Waals surface area contributed by atoms with Gasteiger partial charge in [0.2, 0.25) is 0 Å². The van der Waals surface area contributed by atoms with Crippen LogP contribution >= 0.6 is 0 Å². The highest BCUT2D eigenvalue weighted by molar-refractivity contribution is 5.74. The number of methoxy groups -OCH3 is 1. The van der Waals surface area contributed by atoms with E-state index in [1.807, 2.05) is 29.3 Å². The van der Waals surface area contributed by atoms with E-state index in [0.29, 0.717) is 32.8 Å². The Morgan fingerprint density at radius 1 is 1.26 bits per heavy atom. The molecule has 0 aliphatic rings. The summed E-state index contributed by atoms with van der Waals surface area (Å²) in [5.74, 6) is -0.238. The molecule has 1 heterocycles. The van der Waals surface area contributed by atoms with Gasteiger partial charge in [-0.05, 0) is 42.7 Å². The lowest BCUT2D eigenvalue weighted by atomic mass is 10.2. The van der Waals surface area contributed by atoms with Crippen molar-refractivity contribution in [2.24, 2.45) is 0 Å². The highest BCUT2D eigenvalue weighted by Gasteiger charge is 2.15. The Morgan fingerprint density at radius 3 is 2.85 bits per heavy atom. The molecule has 6 heteroatoms. The number of halogens is 1. The van der Waals surface area contributed by atoms with Gasteiger partial charge in [0.25, 0.3) is 0 Å². The summed E-state index contributed by atoms with van der Waals surface area (Å²) >= 11 is 0. The molecular weight excluding hydrogens is 345 g/mol. The van der Waals surface area contributed by atoms with Crippen LogP contribution in [0.3, 0.4) is 0 Å². The molecule has 5 nitrogen and oxygen atoms in total. The third-order valence-corrected chi connectivity index (χ3v) is 4.39. The number of hydrogen-bond donors (Lipinski definition) is 1. The second-order valence-electron chi connectivity index (χ2n) is 6.61. The summed E-state index contributed by atoms with van der Waals surface area (Å²) in [4.78, 5) is 14.4. The van der Waals surface area contributed by atoms with Gasteiger partial charge in [-0.2, -0.15) is 0 Å². The number of aromatic nitrogens is 1. The van der Waals surface area contributed by atoms with E-state index in [9.17, 15) is 9.18 Å². The average Bonchev–Trinajstić information content (AvgIpc) is 3.08. The van der Waals surface area contributed by atoms with Crippen molar-refractivity contribution in [1.82, 2.24) is 14.8 Å². The maximum Gasteiger partial charge on any atom is 0.317 e. The summed E-state index contributed by atoms with van der Waals surface area (Å²) in [5.41, 5.74) is 1.91. The molecule has 0 saturated heterocycles. The molecule has 1 aromatic carbocycles. The maximum absolute atomic E-state index is 13.5. The van der Waals surface area contributed by atoms with Crippen LogP contribution in [0.4, 0.5) is 9.18 Å². The zero-order valence-electron chi connectivity index (χ0n) is 16.3. The summed E-state index contributed by atoms with van der Waals surface area (Å²) in [6, 6.07) is 10.5. The Hall–Kier alpha value is -2.34. The normalized spacial score (nSPS) is 10.8. The SMILES string of the molecule is CCCCNC(=O)N(CCCOC)Cc1cccn1Cc1cccc(F)c1. The first-order valence-electron chi connectivity index (χ1n) is 9.54. The molecule has 1 N–H and O–H groups in total. The monoisotopic (exact) mass is 375 g/mol. The van der Waals surface area contributed by atoms with Gasteiger partial charge in [0.15, 0.2) is 0 Å². The number of nitrogens with one attached hydrogen (secondary N) is 1. The molecule has 2 rings (SSSR count). The first-order chi connectivity index (χ1) is 13.1. The molecule has 0 radical (unpaired) electrons. The van der Waals surface area contributed by atoms with Crippen LogP contribution in [0.5, 0.6) is 0 Å². The lowest BCUT2D eigenvalue weighted by molar-refractivity contribution is 0.165. The molecule has 0 aliphatic heterocycles. The molecule has 2 amide bonds. The Bertz CT molecular complexity index is 702. The summed E-state index contributed by atoms with van der Waals surface area (Å²) in [6.45, 7) is 5.09. The van der Waals surface area contributed by atoms with Crippen molar-refractivity contribution < 1.29 is 13.9 Å². The first-order valence-corrected chi connectivity index (χ1v) is 9.54. The van der Waals surface area contributed by atoms with Gasteiger partial charge < -0.3 is 19.5 Å². The molecule has 0 spiro atoms. The third-order valence-electron chi connectivity index (χ3n) is 4.39. The number of rotatable bonds is 11. The van der Waals surface area contributed by atoms with Crippen molar-refractivity contribution in [1.29, 1.82) is 0 Å². The van der Waals surface area contributed by atoms with Crippen LogP contribution in [0.1, 0.15) is 37.4 Å². The fourth-order valence-electron chi connectivity index (χ4n) is 2.91. The van der Waals surface area contributed by atoms with E-state index >= 15 is 0 Å². The lowest BCUT2D eigenvalue weighted by Crippen LogP contribution is -2.41. The van der Waals surface area contributed by atoms with Gasteiger partial charge in [-0.15, -0.1) is 0 Å². The molecule has 0 saturated carbocycles. The molecule has 1 aromatic heterocycles. The molecule has 27 heavy (non-hydrogen) atoms. The minimum Gasteiger partial charge on any atom is -0.385 e. The topological polar surface area (TPSA) is 46.5 Å². The summed E-state index contributed by atoms with van der Waals surface area (Å²) < 4.78 is 20.6. The molecular formula is C21H30FN3O2. The molecule has 0 aliphatic carbocycles. The highest BCUT2D eigenvalue weighted by atomic mass is 19.1. The fraction of sp³-hybridized carbons (Fsp3) is 0.476. The lowest BCUT2D eigenvalue weighted by Gasteiger charge is -2.24. The number of amides is 2. The van der Waals surface area contributed by atoms with Crippen LogP contribution in [0.25, 0.3) is 0 Å². The predicted octanol–water partition coefficient (Wildman–Crippen LogP) is 4.02.